The van der Waals surface area contributed by atoms with Crippen LogP contribution >= 0.6 is 0 Å². The third-order valence-corrected chi connectivity index (χ3v) is 4.78. The van der Waals surface area contributed by atoms with Crippen molar-refractivity contribution < 1.29 is 14.7 Å². The summed E-state index contributed by atoms with van der Waals surface area (Å²) in [5.74, 6) is -0.255. The van der Waals surface area contributed by atoms with Crippen molar-refractivity contribution in [2.45, 2.75) is 51.5 Å². The molecule has 5 heteroatoms. The van der Waals surface area contributed by atoms with Crippen LogP contribution in [0.3, 0.4) is 0 Å². The van der Waals surface area contributed by atoms with Crippen LogP contribution in [0.5, 0.6) is 0 Å². The van der Waals surface area contributed by atoms with Crippen molar-refractivity contribution in [1.29, 1.82) is 0 Å². The molecule has 0 radical (unpaired) electrons. The van der Waals surface area contributed by atoms with E-state index < -0.39 is 12.0 Å². The van der Waals surface area contributed by atoms with Gasteiger partial charge in [-0.2, -0.15) is 0 Å². The van der Waals surface area contributed by atoms with E-state index in [9.17, 15) is 14.7 Å². The van der Waals surface area contributed by atoms with E-state index in [1.165, 1.54) is 37.0 Å². The van der Waals surface area contributed by atoms with E-state index in [-0.39, 0.29) is 11.9 Å². The summed E-state index contributed by atoms with van der Waals surface area (Å²) in [6, 6.07) is -0.774. The highest BCUT2D eigenvalue weighted by atomic mass is 16.4. The zero-order chi connectivity index (χ0) is 14.7. The Kier molecular flexibility index (Phi) is 4.89. The summed E-state index contributed by atoms with van der Waals surface area (Å²) in [6.07, 6.45) is 6.97. The second-order valence-corrected chi connectivity index (χ2v) is 6.41. The summed E-state index contributed by atoms with van der Waals surface area (Å²) in [6.45, 7) is 3.23. The highest BCUT2D eigenvalue weighted by Gasteiger charge is 2.40. The molecule has 1 saturated heterocycles. The molecule has 5 nitrogen and oxygen atoms in total. The summed E-state index contributed by atoms with van der Waals surface area (Å²) in [5, 5.41) is 9.29. The molecule has 2 atom stereocenters. The first-order valence-electron chi connectivity index (χ1n) is 7.75. The lowest BCUT2D eigenvalue weighted by atomic mass is 9.89. The van der Waals surface area contributed by atoms with Crippen LogP contribution < -0.4 is 0 Å². The molecule has 0 aromatic carbocycles. The first kappa shape index (κ1) is 15.1. The highest BCUT2D eigenvalue weighted by molar-refractivity contribution is 5.83. The van der Waals surface area contributed by atoms with Gasteiger partial charge in [-0.3, -0.25) is 0 Å². The molecule has 0 aromatic heterocycles. The molecule has 2 amide bonds. The Labute approximate surface area is 120 Å². The van der Waals surface area contributed by atoms with Gasteiger partial charge in [0.05, 0.1) is 0 Å². The number of aliphatic carboxylic acids is 1. The number of urea groups is 1. The minimum atomic E-state index is -0.880. The van der Waals surface area contributed by atoms with E-state index in [0.29, 0.717) is 12.5 Å². The van der Waals surface area contributed by atoms with Crippen LogP contribution in [0.15, 0.2) is 0 Å². The standard InChI is InChI=1S/C15H26N2O3/c1-11-8-9-17(13(11)14(18)19)15(20)16(2)10-12-6-4-3-5-7-12/h11-13H,3-10H2,1-2H3,(H,18,19). The second kappa shape index (κ2) is 6.46. The third kappa shape index (κ3) is 3.25. The number of carbonyl (C=O) groups excluding carboxylic acids is 1. The molecular weight excluding hydrogens is 256 g/mol. The number of rotatable bonds is 3. The van der Waals surface area contributed by atoms with E-state index in [4.69, 9.17) is 0 Å². The van der Waals surface area contributed by atoms with Crippen LogP contribution in [0, 0.1) is 11.8 Å². The normalized spacial score (nSPS) is 27.6. The molecule has 0 spiro atoms. The summed E-state index contributed by atoms with van der Waals surface area (Å²) in [5.41, 5.74) is 0. The van der Waals surface area contributed by atoms with Crippen LogP contribution in [-0.4, -0.2) is 53.1 Å². The number of carboxylic acid groups (broad SMARTS) is 1. The van der Waals surface area contributed by atoms with Crippen molar-refractivity contribution in [3.8, 4) is 0 Å². The molecule has 0 aromatic rings. The van der Waals surface area contributed by atoms with Crippen molar-refractivity contribution in [3.63, 3.8) is 0 Å². The Bertz CT molecular complexity index is 366. The van der Waals surface area contributed by atoms with E-state index in [1.807, 2.05) is 6.92 Å². The van der Waals surface area contributed by atoms with E-state index in [2.05, 4.69) is 0 Å². The van der Waals surface area contributed by atoms with Gasteiger partial charge in [0.1, 0.15) is 6.04 Å². The minimum Gasteiger partial charge on any atom is -0.480 e. The van der Waals surface area contributed by atoms with Crippen LogP contribution in [0.1, 0.15) is 45.4 Å². The maximum absolute atomic E-state index is 12.5. The van der Waals surface area contributed by atoms with Crippen LogP contribution in [0.4, 0.5) is 4.79 Å². The van der Waals surface area contributed by atoms with Crippen molar-refractivity contribution in [3.05, 3.63) is 0 Å². The molecular formula is C15H26N2O3. The fourth-order valence-electron chi connectivity index (χ4n) is 3.59. The molecule has 1 N–H and O–H groups in total. The Morgan fingerprint density at radius 3 is 2.45 bits per heavy atom. The summed E-state index contributed by atoms with van der Waals surface area (Å²) < 4.78 is 0. The summed E-state index contributed by atoms with van der Waals surface area (Å²) in [4.78, 5) is 27.1. The zero-order valence-electron chi connectivity index (χ0n) is 12.5. The van der Waals surface area contributed by atoms with Gasteiger partial charge in [0.2, 0.25) is 0 Å². The maximum atomic E-state index is 12.5. The van der Waals surface area contributed by atoms with Crippen LogP contribution in [0.25, 0.3) is 0 Å². The van der Waals surface area contributed by atoms with Gasteiger partial charge >= 0.3 is 12.0 Å². The minimum absolute atomic E-state index is 0.0412. The smallest absolute Gasteiger partial charge is 0.326 e. The summed E-state index contributed by atoms with van der Waals surface area (Å²) >= 11 is 0. The first-order valence-corrected chi connectivity index (χ1v) is 7.75. The van der Waals surface area contributed by atoms with E-state index in [0.717, 1.165) is 13.0 Å². The molecule has 2 aliphatic rings. The number of hydrogen-bond donors (Lipinski definition) is 1. The fourth-order valence-corrected chi connectivity index (χ4v) is 3.59. The molecule has 20 heavy (non-hydrogen) atoms. The van der Waals surface area contributed by atoms with Gasteiger partial charge in [-0.15, -0.1) is 0 Å². The predicted molar refractivity (Wildman–Crippen MR) is 76.5 cm³/mol. The van der Waals surface area contributed by atoms with Crippen LogP contribution in [-0.2, 0) is 4.79 Å². The monoisotopic (exact) mass is 282 g/mol. The average molecular weight is 282 g/mol. The summed E-state index contributed by atoms with van der Waals surface area (Å²) in [7, 11) is 1.80. The number of likely N-dealkylation sites (tertiary alicyclic amines) is 1. The lowest BCUT2D eigenvalue weighted by Gasteiger charge is -2.32. The highest BCUT2D eigenvalue weighted by Crippen LogP contribution is 2.27. The zero-order valence-corrected chi connectivity index (χ0v) is 12.5. The molecule has 2 fully saturated rings. The lowest BCUT2D eigenvalue weighted by Crippen LogP contribution is -2.49. The number of hydrogen-bond acceptors (Lipinski definition) is 2. The first-order chi connectivity index (χ1) is 9.50. The predicted octanol–water partition coefficient (Wildman–Crippen LogP) is 2.41. The van der Waals surface area contributed by atoms with Gasteiger partial charge in [-0.1, -0.05) is 26.2 Å². The van der Waals surface area contributed by atoms with Crippen molar-refractivity contribution >= 4 is 12.0 Å². The molecule has 1 aliphatic heterocycles. The fraction of sp³-hybridized carbons (Fsp3) is 0.867. The molecule has 1 aliphatic carbocycles. The van der Waals surface area contributed by atoms with Gasteiger partial charge in [0.25, 0.3) is 0 Å². The van der Waals surface area contributed by atoms with Gasteiger partial charge in [-0.25, -0.2) is 9.59 Å². The number of amides is 2. The molecule has 2 rings (SSSR count). The number of nitrogens with zero attached hydrogens (tertiary/aromatic N) is 2. The van der Waals surface area contributed by atoms with Crippen molar-refractivity contribution in [1.82, 2.24) is 9.80 Å². The van der Waals surface area contributed by atoms with Crippen LogP contribution in [0.2, 0.25) is 0 Å². The largest absolute Gasteiger partial charge is 0.480 e. The van der Waals surface area contributed by atoms with Gasteiger partial charge in [0.15, 0.2) is 0 Å². The molecule has 1 saturated carbocycles. The van der Waals surface area contributed by atoms with Crippen molar-refractivity contribution in [2.24, 2.45) is 11.8 Å². The van der Waals surface area contributed by atoms with E-state index >= 15 is 0 Å². The SMILES string of the molecule is CC1CCN(C(=O)N(C)CC2CCCCC2)C1C(=O)O. The average Bonchev–Trinajstić information content (AvgIpc) is 2.81. The Balaban J connectivity index is 1.93. The topological polar surface area (TPSA) is 60.9 Å². The Hall–Kier alpha value is -1.26. The molecule has 114 valence electrons. The van der Waals surface area contributed by atoms with Gasteiger partial charge in [-0.05, 0) is 31.1 Å². The lowest BCUT2D eigenvalue weighted by molar-refractivity contribution is -0.142. The molecule has 0 bridgehead atoms. The van der Waals surface area contributed by atoms with E-state index in [1.54, 1.807) is 11.9 Å². The third-order valence-electron chi connectivity index (χ3n) is 4.78. The molecule has 1 heterocycles. The number of carbonyl (C=O) groups is 2. The van der Waals surface area contributed by atoms with Gasteiger partial charge < -0.3 is 14.9 Å². The molecule has 2 unspecified atom stereocenters. The Morgan fingerprint density at radius 2 is 1.85 bits per heavy atom. The Morgan fingerprint density at radius 1 is 1.20 bits per heavy atom. The second-order valence-electron chi connectivity index (χ2n) is 6.41. The van der Waals surface area contributed by atoms with Crippen molar-refractivity contribution in [2.75, 3.05) is 20.1 Å². The van der Waals surface area contributed by atoms with Gasteiger partial charge in [0, 0.05) is 20.1 Å². The number of carboxylic acids is 1. The maximum Gasteiger partial charge on any atom is 0.326 e. The quantitative estimate of drug-likeness (QED) is 0.864.